The number of rotatable bonds is 2. The average molecular weight is 230 g/mol. The van der Waals surface area contributed by atoms with E-state index >= 15 is 0 Å². The maximum Gasteiger partial charge on any atom is 0.169 e. The SMILES string of the molecule is CC1CCCC(N(C)c2nnccc2C#N)C1. The van der Waals surface area contributed by atoms with Gasteiger partial charge in [0.05, 0.1) is 11.8 Å². The molecule has 1 fully saturated rings. The molecule has 90 valence electrons. The van der Waals surface area contributed by atoms with Crippen LogP contribution in [-0.2, 0) is 0 Å². The summed E-state index contributed by atoms with van der Waals surface area (Å²) in [4.78, 5) is 2.13. The quantitative estimate of drug-likeness (QED) is 0.782. The van der Waals surface area contributed by atoms with Gasteiger partial charge in [0.25, 0.3) is 0 Å². The molecule has 0 spiro atoms. The molecule has 0 radical (unpaired) electrons. The zero-order chi connectivity index (χ0) is 12.3. The Morgan fingerprint density at radius 2 is 2.29 bits per heavy atom. The van der Waals surface area contributed by atoms with Gasteiger partial charge in [0.2, 0.25) is 0 Å². The number of hydrogen-bond donors (Lipinski definition) is 0. The summed E-state index contributed by atoms with van der Waals surface area (Å²) in [7, 11) is 2.02. The van der Waals surface area contributed by atoms with Gasteiger partial charge in [0.15, 0.2) is 5.82 Å². The Morgan fingerprint density at radius 3 is 3.00 bits per heavy atom. The predicted octanol–water partition coefficient (Wildman–Crippen LogP) is 2.36. The first kappa shape index (κ1) is 11.8. The van der Waals surface area contributed by atoms with E-state index in [0.717, 1.165) is 5.92 Å². The van der Waals surface area contributed by atoms with Crippen molar-refractivity contribution >= 4 is 5.82 Å². The minimum atomic E-state index is 0.488. The van der Waals surface area contributed by atoms with Crippen molar-refractivity contribution in [1.82, 2.24) is 10.2 Å². The van der Waals surface area contributed by atoms with Crippen LogP contribution in [0.5, 0.6) is 0 Å². The van der Waals surface area contributed by atoms with Crippen LogP contribution in [0, 0.1) is 17.2 Å². The van der Waals surface area contributed by atoms with E-state index < -0.39 is 0 Å². The van der Waals surface area contributed by atoms with Gasteiger partial charge in [-0.2, -0.15) is 10.4 Å². The van der Waals surface area contributed by atoms with Gasteiger partial charge in [-0.25, -0.2) is 0 Å². The maximum atomic E-state index is 9.07. The number of aromatic nitrogens is 2. The highest BCUT2D eigenvalue weighted by molar-refractivity contribution is 5.52. The second-order valence-electron chi connectivity index (χ2n) is 4.92. The third kappa shape index (κ3) is 2.55. The summed E-state index contributed by atoms with van der Waals surface area (Å²) < 4.78 is 0. The highest BCUT2D eigenvalue weighted by Gasteiger charge is 2.24. The molecule has 0 aromatic carbocycles. The molecule has 1 saturated carbocycles. The number of hydrogen-bond acceptors (Lipinski definition) is 4. The molecular formula is C13H18N4. The van der Waals surface area contributed by atoms with Crippen LogP contribution in [0.1, 0.15) is 38.2 Å². The van der Waals surface area contributed by atoms with Crippen LogP contribution in [0.25, 0.3) is 0 Å². The van der Waals surface area contributed by atoms with Crippen LogP contribution in [0.15, 0.2) is 12.3 Å². The van der Waals surface area contributed by atoms with Crippen molar-refractivity contribution in [2.45, 2.75) is 38.6 Å². The molecule has 1 heterocycles. The van der Waals surface area contributed by atoms with Crippen molar-refractivity contribution in [2.24, 2.45) is 5.92 Å². The molecule has 1 aliphatic rings. The van der Waals surface area contributed by atoms with Crippen LogP contribution < -0.4 is 4.90 Å². The lowest BCUT2D eigenvalue weighted by Gasteiger charge is -2.34. The standard InChI is InChI=1S/C13H18N4/c1-10-4-3-5-12(8-10)17(2)13-11(9-14)6-7-15-16-13/h6-7,10,12H,3-5,8H2,1-2H3. The molecule has 2 atom stereocenters. The molecule has 0 N–H and O–H groups in total. The van der Waals surface area contributed by atoms with Gasteiger partial charge in [0, 0.05) is 13.1 Å². The zero-order valence-corrected chi connectivity index (χ0v) is 10.4. The molecule has 17 heavy (non-hydrogen) atoms. The molecule has 0 amide bonds. The highest BCUT2D eigenvalue weighted by atomic mass is 15.3. The zero-order valence-electron chi connectivity index (χ0n) is 10.4. The van der Waals surface area contributed by atoms with Crippen molar-refractivity contribution in [3.63, 3.8) is 0 Å². The highest BCUT2D eigenvalue weighted by Crippen LogP contribution is 2.29. The smallest absolute Gasteiger partial charge is 0.169 e. The Kier molecular flexibility index (Phi) is 3.58. The van der Waals surface area contributed by atoms with Crippen LogP contribution in [-0.4, -0.2) is 23.3 Å². The third-order valence-electron chi connectivity index (χ3n) is 3.61. The molecular weight excluding hydrogens is 212 g/mol. The average Bonchev–Trinajstić information content (AvgIpc) is 2.38. The lowest BCUT2D eigenvalue weighted by Crippen LogP contribution is -2.36. The Labute approximate surface area is 102 Å². The third-order valence-corrected chi connectivity index (χ3v) is 3.61. The van der Waals surface area contributed by atoms with E-state index in [-0.39, 0.29) is 0 Å². The first-order valence-corrected chi connectivity index (χ1v) is 6.17. The summed E-state index contributed by atoms with van der Waals surface area (Å²) in [5.74, 6) is 1.48. The fourth-order valence-corrected chi connectivity index (χ4v) is 2.60. The van der Waals surface area contributed by atoms with Gasteiger partial charge in [-0.15, -0.1) is 5.10 Å². The summed E-state index contributed by atoms with van der Waals surface area (Å²) in [6.45, 7) is 2.29. The molecule has 1 aliphatic carbocycles. The Morgan fingerprint density at radius 1 is 1.47 bits per heavy atom. The van der Waals surface area contributed by atoms with E-state index in [9.17, 15) is 0 Å². The van der Waals surface area contributed by atoms with E-state index in [2.05, 4.69) is 28.1 Å². The second kappa shape index (κ2) is 5.13. The number of anilines is 1. The summed E-state index contributed by atoms with van der Waals surface area (Å²) in [6, 6.07) is 4.40. The van der Waals surface area contributed by atoms with Gasteiger partial charge in [-0.3, -0.25) is 0 Å². The van der Waals surface area contributed by atoms with Crippen molar-refractivity contribution in [3.8, 4) is 6.07 Å². The van der Waals surface area contributed by atoms with Crippen molar-refractivity contribution in [2.75, 3.05) is 11.9 Å². The first-order chi connectivity index (χ1) is 8.22. The van der Waals surface area contributed by atoms with E-state index in [1.807, 2.05) is 7.05 Å². The van der Waals surface area contributed by atoms with Gasteiger partial charge >= 0.3 is 0 Å². The lowest BCUT2D eigenvalue weighted by molar-refractivity contribution is 0.335. The Hall–Kier alpha value is -1.63. The van der Waals surface area contributed by atoms with Gasteiger partial charge in [-0.05, 0) is 24.8 Å². The monoisotopic (exact) mass is 230 g/mol. The van der Waals surface area contributed by atoms with E-state index in [0.29, 0.717) is 17.4 Å². The summed E-state index contributed by atoms with van der Waals surface area (Å²) >= 11 is 0. The van der Waals surface area contributed by atoms with E-state index in [1.54, 1.807) is 12.3 Å². The van der Waals surface area contributed by atoms with E-state index in [1.165, 1.54) is 25.7 Å². The molecule has 1 aromatic heterocycles. The minimum Gasteiger partial charge on any atom is -0.354 e. The Bertz CT molecular complexity index is 424. The number of nitrogens with zero attached hydrogens (tertiary/aromatic N) is 4. The van der Waals surface area contributed by atoms with Crippen molar-refractivity contribution in [1.29, 1.82) is 5.26 Å². The largest absolute Gasteiger partial charge is 0.354 e. The van der Waals surface area contributed by atoms with Crippen LogP contribution in [0.4, 0.5) is 5.82 Å². The molecule has 2 unspecified atom stereocenters. The fraction of sp³-hybridized carbons (Fsp3) is 0.615. The molecule has 1 aromatic rings. The summed E-state index contributed by atoms with van der Waals surface area (Å²) in [6.07, 6.45) is 6.51. The molecule has 2 rings (SSSR count). The molecule has 4 heteroatoms. The predicted molar refractivity (Wildman–Crippen MR) is 66.6 cm³/mol. The second-order valence-corrected chi connectivity index (χ2v) is 4.92. The van der Waals surface area contributed by atoms with Crippen LogP contribution in [0.3, 0.4) is 0 Å². The fourth-order valence-electron chi connectivity index (χ4n) is 2.60. The molecule has 0 bridgehead atoms. The van der Waals surface area contributed by atoms with E-state index in [4.69, 9.17) is 5.26 Å². The van der Waals surface area contributed by atoms with Gasteiger partial charge < -0.3 is 4.90 Å². The maximum absolute atomic E-state index is 9.07. The van der Waals surface area contributed by atoms with Gasteiger partial charge in [0.1, 0.15) is 6.07 Å². The molecule has 4 nitrogen and oxygen atoms in total. The van der Waals surface area contributed by atoms with Crippen LogP contribution >= 0.6 is 0 Å². The topological polar surface area (TPSA) is 52.8 Å². The summed E-state index contributed by atoms with van der Waals surface area (Å²) in [5, 5.41) is 17.1. The molecule has 0 aliphatic heterocycles. The van der Waals surface area contributed by atoms with Crippen LogP contribution in [0.2, 0.25) is 0 Å². The van der Waals surface area contributed by atoms with Crippen molar-refractivity contribution < 1.29 is 0 Å². The molecule has 0 saturated heterocycles. The number of nitriles is 1. The van der Waals surface area contributed by atoms with Gasteiger partial charge in [-0.1, -0.05) is 19.8 Å². The lowest BCUT2D eigenvalue weighted by atomic mass is 9.86. The Balaban J connectivity index is 2.19. The summed E-state index contributed by atoms with van der Waals surface area (Å²) in [5.41, 5.74) is 0.612. The first-order valence-electron chi connectivity index (χ1n) is 6.17. The normalized spacial score (nSPS) is 24.1. The van der Waals surface area contributed by atoms with Crippen molar-refractivity contribution in [3.05, 3.63) is 17.8 Å². The minimum absolute atomic E-state index is 0.488.